The molecule has 2 atom stereocenters. The van der Waals surface area contributed by atoms with Crippen molar-refractivity contribution in [1.29, 1.82) is 0 Å². The first-order chi connectivity index (χ1) is 12.8. The molecule has 0 bridgehead atoms. The Morgan fingerprint density at radius 3 is 2.78 bits per heavy atom. The number of hydrogen-bond acceptors (Lipinski definition) is 5. The molecule has 2 aliphatic rings. The van der Waals surface area contributed by atoms with Gasteiger partial charge in [-0.05, 0) is 54.9 Å². The lowest BCUT2D eigenvalue weighted by Crippen LogP contribution is -2.21. The predicted molar refractivity (Wildman–Crippen MR) is 104 cm³/mol. The van der Waals surface area contributed by atoms with Crippen molar-refractivity contribution >= 4 is 21.2 Å². The number of rotatable bonds is 5. The smallest absolute Gasteiger partial charge is 0.293 e. The van der Waals surface area contributed by atoms with E-state index in [0.717, 1.165) is 31.6 Å². The van der Waals surface area contributed by atoms with Crippen molar-refractivity contribution < 1.29 is 13.3 Å². The number of nitro groups is 1. The molecule has 142 valence electrons. The van der Waals surface area contributed by atoms with Gasteiger partial charge >= 0.3 is 0 Å². The molecule has 4 rings (SSSR count). The van der Waals surface area contributed by atoms with Crippen LogP contribution in [0.15, 0.2) is 47.4 Å². The quantitative estimate of drug-likeness (QED) is 0.625. The summed E-state index contributed by atoms with van der Waals surface area (Å²) in [6.07, 6.45) is 5.60. The molecule has 1 N–H and O–H groups in total. The van der Waals surface area contributed by atoms with E-state index in [1.54, 1.807) is 0 Å². The third-order valence-electron chi connectivity index (χ3n) is 5.99. The number of nitrogens with zero attached hydrogens (tertiary/aromatic N) is 1. The zero-order chi connectivity index (χ0) is 19.2. The maximum absolute atomic E-state index is 11.7. The van der Waals surface area contributed by atoms with Gasteiger partial charge in [0.2, 0.25) is 0 Å². The van der Waals surface area contributed by atoms with Crippen LogP contribution in [0, 0.1) is 16.0 Å². The SMILES string of the molecule is CS(=O)(=O)c1ccc(NCC2CC23CCCc2ccccc23)c([N+](=O)[O-])c1. The number of anilines is 1. The predicted octanol–water partition coefficient (Wildman–Crippen LogP) is 3.70. The molecular formula is C20H22N2O4S. The van der Waals surface area contributed by atoms with E-state index in [2.05, 4.69) is 29.6 Å². The van der Waals surface area contributed by atoms with Crippen LogP contribution in [0.3, 0.4) is 0 Å². The van der Waals surface area contributed by atoms with Crippen molar-refractivity contribution in [2.45, 2.75) is 36.0 Å². The topological polar surface area (TPSA) is 89.3 Å². The first kappa shape index (κ1) is 18.0. The molecule has 1 saturated carbocycles. The number of fused-ring (bicyclic) bond motifs is 2. The van der Waals surface area contributed by atoms with Gasteiger partial charge in [-0.1, -0.05) is 24.3 Å². The minimum absolute atomic E-state index is 0.0381. The second kappa shape index (κ2) is 6.34. The molecule has 7 heteroatoms. The van der Waals surface area contributed by atoms with Gasteiger partial charge in [-0.25, -0.2) is 8.42 Å². The molecule has 2 aliphatic carbocycles. The Kier molecular flexibility index (Phi) is 4.22. The van der Waals surface area contributed by atoms with Crippen LogP contribution in [0.25, 0.3) is 0 Å². The van der Waals surface area contributed by atoms with Gasteiger partial charge in [0, 0.05) is 24.3 Å². The Hall–Kier alpha value is -2.41. The Morgan fingerprint density at radius 1 is 1.26 bits per heavy atom. The molecule has 27 heavy (non-hydrogen) atoms. The maximum atomic E-state index is 11.7. The van der Waals surface area contributed by atoms with Gasteiger partial charge in [0.15, 0.2) is 9.84 Å². The van der Waals surface area contributed by atoms with Gasteiger partial charge in [-0.3, -0.25) is 10.1 Å². The molecule has 0 aliphatic heterocycles. The second-order valence-corrected chi connectivity index (χ2v) is 9.67. The molecule has 2 aromatic rings. The highest BCUT2D eigenvalue weighted by atomic mass is 32.2. The standard InChI is InChI=1S/C20H22N2O4S/c1-27(25,26)16-8-9-18(19(11-16)22(23)24)21-13-15-12-20(15)10-4-6-14-5-2-3-7-17(14)20/h2-3,5,7-9,11,15,21H,4,6,10,12-13H2,1H3. The molecule has 0 saturated heterocycles. The van der Waals surface area contributed by atoms with Gasteiger partial charge in [0.1, 0.15) is 5.69 Å². The van der Waals surface area contributed by atoms with Crippen LogP contribution in [0.4, 0.5) is 11.4 Å². The fourth-order valence-corrected chi connectivity index (χ4v) is 5.15. The van der Waals surface area contributed by atoms with E-state index in [4.69, 9.17) is 0 Å². The van der Waals surface area contributed by atoms with Crippen molar-refractivity contribution in [2.75, 3.05) is 18.1 Å². The van der Waals surface area contributed by atoms with Crippen molar-refractivity contribution in [3.63, 3.8) is 0 Å². The molecule has 0 aromatic heterocycles. The van der Waals surface area contributed by atoms with E-state index < -0.39 is 14.8 Å². The van der Waals surface area contributed by atoms with Gasteiger partial charge in [0.25, 0.3) is 5.69 Å². The number of sulfone groups is 1. The molecule has 0 heterocycles. The summed E-state index contributed by atoms with van der Waals surface area (Å²) in [5, 5.41) is 14.6. The molecular weight excluding hydrogens is 364 g/mol. The summed E-state index contributed by atoms with van der Waals surface area (Å²) in [5.74, 6) is 0.438. The van der Waals surface area contributed by atoms with Gasteiger partial charge in [0.05, 0.1) is 9.82 Å². The number of benzene rings is 2. The third-order valence-corrected chi connectivity index (χ3v) is 7.10. The second-order valence-electron chi connectivity index (χ2n) is 7.66. The van der Waals surface area contributed by atoms with Crippen LogP contribution in [0.1, 0.15) is 30.4 Å². The zero-order valence-electron chi connectivity index (χ0n) is 15.1. The highest BCUT2D eigenvalue weighted by molar-refractivity contribution is 7.90. The zero-order valence-corrected chi connectivity index (χ0v) is 16.0. The fraction of sp³-hybridized carbons (Fsp3) is 0.400. The number of nitro benzene ring substituents is 1. The van der Waals surface area contributed by atoms with E-state index in [1.165, 1.54) is 29.7 Å². The number of hydrogen-bond donors (Lipinski definition) is 1. The minimum Gasteiger partial charge on any atom is -0.379 e. The monoisotopic (exact) mass is 386 g/mol. The molecule has 1 spiro atoms. The van der Waals surface area contributed by atoms with Crippen LogP contribution in [0.5, 0.6) is 0 Å². The molecule has 6 nitrogen and oxygen atoms in total. The summed E-state index contributed by atoms with van der Waals surface area (Å²) >= 11 is 0. The Bertz CT molecular complexity index is 1020. The molecule has 1 fully saturated rings. The van der Waals surface area contributed by atoms with Gasteiger partial charge in [-0.2, -0.15) is 0 Å². The van der Waals surface area contributed by atoms with Gasteiger partial charge < -0.3 is 5.32 Å². The first-order valence-corrected chi connectivity index (χ1v) is 11.0. The van der Waals surface area contributed by atoms with E-state index in [9.17, 15) is 18.5 Å². The summed E-state index contributed by atoms with van der Waals surface area (Å²) < 4.78 is 23.3. The van der Waals surface area contributed by atoms with Crippen LogP contribution in [-0.4, -0.2) is 26.1 Å². The van der Waals surface area contributed by atoms with E-state index in [1.807, 2.05) is 0 Å². The van der Waals surface area contributed by atoms with Crippen LogP contribution in [-0.2, 0) is 21.7 Å². The van der Waals surface area contributed by atoms with Crippen LogP contribution >= 0.6 is 0 Å². The first-order valence-electron chi connectivity index (χ1n) is 9.12. The summed E-state index contributed by atoms with van der Waals surface area (Å²) in [6, 6.07) is 12.6. The summed E-state index contributed by atoms with van der Waals surface area (Å²) in [4.78, 5) is 10.8. The van der Waals surface area contributed by atoms with Crippen LogP contribution < -0.4 is 5.32 Å². The lowest BCUT2D eigenvalue weighted by atomic mass is 9.78. The fourth-order valence-electron chi connectivity index (χ4n) is 4.51. The van der Waals surface area contributed by atoms with Crippen LogP contribution in [0.2, 0.25) is 0 Å². The average molecular weight is 386 g/mol. The molecule has 2 unspecified atom stereocenters. The van der Waals surface area contributed by atoms with Crippen molar-refractivity contribution in [3.8, 4) is 0 Å². The lowest BCUT2D eigenvalue weighted by Gasteiger charge is -2.26. The number of aryl methyl sites for hydroxylation is 1. The highest BCUT2D eigenvalue weighted by Crippen LogP contribution is 2.60. The summed E-state index contributed by atoms with van der Waals surface area (Å²) in [5.41, 5.74) is 3.23. The Labute approximate surface area is 158 Å². The Morgan fingerprint density at radius 2 is 2.04 bits per heavy atom. The van der Waals surface area contributed by atoms with Crippen molar-refractivity contribution in [1.82, 2.24) is 0 Å². The molecule has 0 radical (unpaired) electrons. The normalized spacial score (nSPS) is 23.7. The maximum Gasteiger partial charge on any atom is 0.293 e. The van der Waals surface area contributed by atoms with E-state index in [-0.39, 0.29) is 16.0 Å². The van der Waals surface area contributed by atoms with E-state index >= 15 is 0 Å². The largest absolute Gasteiger partial charge is 0.379 e. The highest BCUT2D eigenvalue weighted by Gasteiger charge is 2.56. The van der Waals surface area contributed by atoms with Gasteiger partial charge in [-0.15, -0.1) is 0 Å². The van der Waals surface area contributed by atoms with E-state index in [0.29, 0.717) is 18.2 Å². The average Bonchev–Trinajstić information content (AvgIpc) is 3.32. The Balaban J connectivity index is 1.54. The van der Waals surface area contributed by atoms with Crippen molar-refractivity contribution in [2.24, 2.45) is 5.92 Å². The molecule has 2 aromatic carbocycles. The van der Waals surface area contributed by atoms with Crippen molar-refractivity contribution in [3.05, 3.63) is 63.7 Å². The minimum atomic E-state index is -3.48. The third kappa shape index (κ3) is 3.20. The lowest BCUT2D eigenvalue weighted by molar-refractivity contribution is -0.384. The molecule has 0 amide bonds. The number of nitrogens with one attached hydrogen (secondary N) is 1. The summed E-state index contributed by atoms with van der Waals surface area (Å²) in [7, 11) is -3.48. The summed E-state index contributed by atoms with van der Waals surface area (Å²) in [6.45, 7) is 0.646.